The molecule has 1 aromatic rings. The van der Waals surface area contributed by atoms with Crippen LogP contribution in [0.1, 0.15) is 24.0 Å². The van der Waals surface area contributed by atoms with Crippen molar-refractivity contribution in [2.45, 2.75) is 38.1 Å². The lowest BCUT2D eigenvalue weighted by atomic mass is 9.91. The van der Waals surface area contributed by atoms with Gasteiger partial charge in [-0.1, -0.05) is 12.1 Å². The molecule has 0 saturated carbocycles. The second-order valence-corrected chi connectivity index (χ2v) is 6.17. The predicted molar refractivity (Wildman–Crippen MR) is 79.7 cm³/mol. The molecule has 1 heterocycles. The number of halogens is 4. The zero-order chi connectivity index (χ0) is 18.0. The lowest BCUT2D eigenvalue weighted by Crippen LogP contribution is -2.54. The van der Waals surface area contributed by atoms with Gasteiger partial charge in [-0.15, -0.1) is 0 Å². The summed E-state index contributed by atoms with van der Waals surface area (Å²) in [6, 6.07) is 4.64. The van der Waals surface area contributed by atoms with Gasteiger partial charge in [0.2, 0.25) is 5.91 Å². The SMILES string of the molecule is Cc1ccc(CNC(=O)CN2CCC(O)(C(F)(F)F)CC2)cc1F. The van der Waals surface area contributed by atoms with Crippen molar-refractivity contribution < 1.29 is 27.5 Å². The Labute approximate surface area is 137 Å². The summed E-state index contributed by atoms with van der Waals surface area (Å²) in [6.45, 7) is 1.71. The number of benzene rings is 1. The number of carbonyl (C=O) groups is 1. The van der Waals surface area contributed by atoms with Crippen molar-refractivity contribution >= 4 is 5.91 Å². The van der Waals surface area contributed by atoms with Crippen LogP contribution in [0.5, 0.6) is 0 Å². The zero-order valence-corrected chi connectivity index (χ0v) is 13.3. The van der Waals surface area contributed by atoms with Crippen LogP contribution < -0.4 is 5.32 Å². The molecule has 0 spiro atoms. The van der Waals surface area contributed by atoms with E-state index in [1.165, 1.54) is 6.07 Å². The Bertz CT molecular complexity index is 596. The van der Waals surface area contributed by atoms with Gasteiger partial charge in [0.05, 0.1) is 6.54 Å². The Morgan fingerprint density at radius 1 is 1.33 bits per heavy atom. The Kier molecular flexibility index (Phi) is 5.49. The minimum Gasteiger partial charge on any atom is -0.380 e. The monoisotopic (exact) mass is 348 g/mol. The number of rotatable bonds is 4. The van der Waals surface area contributed by atoms with Crippen molar-refractivity contribution in [3.05, 3.63) is 35.1 Å². The highest BCUT2D eigenvalue weighted by molar-refractivity contribution is 5.78. The minimum atomic E-state index is -4.66. The highest BCUT2D eigenvalue weighted by Gasteiger charge is 2.54. The molecule has 24 heavy (non-hydrogen) atoms. The molecule has 134 valence electrons. The molecular formula is C16H20F4N2O2. The van der Waals surface area contributed by atoms with Gasteiger partial charge in [-0.05, 0) is 37.0 Å². The van der Waals surface area contributed by atoms with Crippen LogP contribution in [-0.4, -0.2) is 47.3 Å². The van der Waals surface area contributed by atoms with E-state index in [2.05, 4.69) is 5.32 Å². The molecule has 0 atom stereocenters. The molecule has 0 bridgehead atoms. The number of aliphatic hydroxyl groups is 1. The average molecular weight is 348 g/mol. The van der Waals surface area contributed by atoms with Crippen molar-refractivity contribution in [2.24, 2.45) is 0 Å². The van der Waals surface area contributed by atoms with E-state index in [9.17, 15) is 27.5 Å². The van der Waals surface area contributed by atoms with Crippen molar-refractivity contribution in [1.82, 2.24) is 10.2 Å². The third-order valence-corrected chi connectivity index (χ3v) is 4.30. The Balaban J connectivity index is 1.78. The fraction of sp³-hybridized carbons (Fsp3) is 0.562. The van der Waals surface area contributed by atoms with E-state index in [-0.39, 0.29) is 37.9 Å². The lowest BCUT2D eigenvalue weighted by Gasteiger charge is -2.38. The van der Waals surface area contributed by atoms with Gasteiger partial charge >= 0.3 is 6.18 Å². The molecule has 2 rings (SSSR count). The number of piperidine rings is 1. The quantitative estimate of drug-likeness (QED) is 0.820. The minimum absolute atomic E-state index is 0.0113. The van der Waals surface area contributed by atoms with Crippen LogP contribution in [0, 0.1) is 12.7 Å². The van der Waals surface area contributed by atoms with E-state index in [1.807, 2.05) is 0 Å². The number of carbonyl (C=O) groups excluding carboxylic acids is 1. The van der Waals surface area contributed by atoms with E-state index < -0.39 is 24.6 Å². The number of hydrogen-bond donors (Lipinski definition) is 2. The first kappa shape index (κ1) is 18.7. The number of alkyl halides is 3. The fourth-order valence-electron chi connectivity index (χ4n) is 2.57. The number of likely N-dealkylation sites (tertiary alicyclic amines) is 1. The largest absolute Gasteiger partial charge is 0.417 e. The standard InChI is InChI=1S/C16H20F4N2O2/c1-11-2-3-12(8-13(11)17)9-21-14(23)10-22-6-4-15(24,5-7-22)16(18,19)20/h2-3,8,24H,4-7,9-10H2,1H3,(H,21,23). The maximum absolute atomic E-state index is 13.4. The van der Waals surface area contributed by atoms with Gasteiger partial charge in [0.1, 0.15) is 5.82 Å². The van der Waals surface area contributed by atoms with Crippen molar-refractivity contribution in [2.75, 3.05) is 19.6 Å². The maximum Gasteiger partial charge on any atom is 0.417 e. The maximum atomic E-state index is 13.4. The molecule has 1 amide bonds. The Hall–Kier alpha value is -1.67. The van der Waals surface area contributed by atoms with Crippen LogP contribution in [0.15, 0.2) is 18.2 Å². The summed E-state index contributed by atoms with van der Waals surface area (Å²) in [7, 11) is 0. The summed E-state index contributed by atoms with van der Waals surface area (Å²) >= 11 is 0. The molecule has 2 N–H and O–H groups in total. The van der Waals surface area contributed by atoms with Gasteiger partial charge in [0, 0.05) is 19.6 Å². The molecule has 0 radical (unpaired) electrons. The smallest absolute Gasteiger partial charge is 0.380 e. The predicted octanol–water partition coefficient (Wildman–Crippen LogP) is 2.14. The number of nitrogens with one attached hydrogen (secondary N) is 1. The molecule has 8 heteroatoms. The van der Waals surface area contributed by atoms with Crippen LogP contribution in [0.25, 0.3) is 0 Å². The summed E-state index contributed by atoms with van der Waals surface area (Å²) in [5.41, 5.74) is -1.55. The lowest BCUT2D eigenvalue weighted by molar-refractivity contribution is -0.272. The fourth-order valence-corrected chi connectivity index (χ4v) is 2.57. The molecule has 1 saturated heterocycles. The molecule has 1 aromatic carbocycles. The molecule has 0 aromatic heterocycles. The van der Waals surface area contributed by atoms with E-state index in [0.717, 1.165) is 0 Å². The molecule has 1 aliphatic heterocycles. The highest BCUT2D eigenvalue weighted by Crippen LogP contribution is 2.38. The normalized spacial score (nSPS) is 18.4. The first-order chi connectivity index (χ1) is 11.1. The second kappa shape index (κ2) is 7.06. The van der Waals surface area contributed by atoms with Gasteiger partial charge in [-0.2, -0.15) is 13.2 Å². The van der Waals surface area contributed by atoms with Crippen molar-refractivity contribution in [3.8, 4) is 0 Å². The first-order valence-electron chi connectivity index (χ1n) is 7.64. The van der Waals surface area contributed by atoms with E-state index in [4.69, 9.17) is 0 Å². The third kappa shape index (κ3) is 4.45. The first-order valence-corrected chi connectivity index (χ1v) is 7.64. The molecule has 4 nitrogen and oxygen atoms in total. The van der Waals surface area contributed by atoms with Crippen molar-refractivity contribution in [3.63, 3.8) is 0 Å². The summed E-state index contributed by atoms with van der Waals surface area (Å²) in [6.07, 6.45) is -5.56. The highest BCUT2D eigenvalue weighted by atomic mass is 19.4. The van der Waals surface area contributed by atoms with Crippen LogP contribution in [-0.2, 0) is 11.3 Å². The van der Waals surface area contributed by atoms with Crippen LogP contribution in [0.4, 0.5) is 17.6 Å². The number of hydrogen-bond acceptors (Lipinski definition) is 3. The molecule has 0 aliphatic carbocycles. The topological polar surface area (TPSA) is 52.6 Å². The third-order valence-electron chi connectivity index (χ3n) is 4.30. The van der Waals surface area contributed by atoms with Gasteiger partial charge in [-0.25, -0.2) is 4.39 Å². The van der Waals surface area contributed by atoms with Gasteiger partial charge < -0.3 is 10.4 Å². The van der Waals surface area contributed by atoms with Crippen LogP contribution >= 0.6 is 0 Å². The summed E-state index contributed by atoms with van der Waals surface area (Å²) in [5.74, 6) is -0.711. The van der Waals surface area contributed by atoms with E-state index in [1.54, 1.807) is 24.0 Å². The average Bonchev–Trinajstić information content (AvgIpc) is 2.50. The molecular weight excluding hydrogens is 328 g/mol. The molecule has 1 fully saturated rings. The van der Waals surface area contributed by atoms with Crippen molar-refractivity contribution in [1.29, 1.82) is 0 Å². The molecule has 0 unspecified atom stereocenters. The Morgan fingerprint density at radius 2 is 1.96 bits per heavy atom. The van der Waals surface area contributed by atoms with E-state index in [0.29, 0.717) is 11.1 Å². The number of amides is 1. The van der Waals surface area contributed by atoms with Gasteiger partial charge in [0.25, 0.3) is 0 Å². The summed E-state index contributed by atoms with van der Waals surface area (Å²) < 4.78 is 51.5. The Morgan fingerprint density at radius 3 is 2.50 bits per heavy atom. The van der Waals surface area contributed by atoms with E-state index >= 15 is 0 Å². The summed E-state index contributed by atoms with van der Waals surface area (Å²) in [4.78, 5) is 13.4. The summed E-state index contributed by atoms with van der Waals surface area (Å²) in [5, 5.41) is 12.2. The number of nitrogens with zero attached hydrogens (tertiary/aromatic N) is 1. The molecule has 1 aliphatic rings. The van der Waals surface area contributed by atoms with Crippen LogP contribution in [0.2, 0.25) is 0 Å². The zero-order valence-electron chi connectivity index (χ0n) is 13.3. The van der Waals surface area contributed by atoms with Crippen LogP contribution in [0.3, 0.4) is 0 Å². The second-order valence-electron chi connectivity index (χ2n) is 6.17. The number of aryl methyl sites for hydroxylation is 1. The van der Waals surface area contributed by atoms with Gasteiger partial charge in [-0.3, -0.25) is 9.69 Å². The van der Waals surface area contributed by atoms with Gasteiger partial charge in [0.15, 0.2) is 5.60 Å².